The lowest BCUT2D eigenvalue weighted by atomic mass is 10.1. The molecule has 0 saturated heterocycles. The third-order valence-corrected chi connectivity index (χ3v) is 4.44. The van der Waals surface area contributed by atoms with Crippen LogP contribution in [0, 0.1) is 0 Å². The molecule has 0 radical (unpaired) electrons. The van der Waals surface area contributed by atoms with Crippen molar-refractivity contribution in [3.05, 3.63) is 96.3 Å². The van der Waals surface area contributed by atoms with E-state index in [1.54, 1.807) is 36.3 Å². The molecule has 2 aromatic heterocycles. The molecule has 0 saturated carbocycles. The Morgan fingerprint density at radius 1 is 1.00 bits per heavy atom. The third-order valence-electron chi connectivity index (χ3n) is 4.44. The Morgan fingerprint density at radius 3 is 2.38 bits per heavy atom. The van der Waals surface area contributed by atoms with Gasteiger partial charge in [-0.2, -0.15) is 5.10 Å². The average molecular weight is 384 g/mol. The van der Waals surface area contributed by atoms with Gasteiger partial charge < -0.3 is 10.1 Å². The fraction of sp³-hybridized carbons (Fsp3) is 0.0870. The van der Waals surface area contributed by atoms with Gasteiger partial charge in [0.25, 0.3) is 5.91 Å². The van der Waals surface area contributed by atoms with Crippen molar-refractivity contribution in [3.8, 4) is 17.1 Å². The van der Waals surface area contributed by atoms with Crippen LogP contribution in [-0.4, -0.2) is 27.8 Å². The molecule has 29 heavy (non-hydrogen) atoms. The van der Waals surface area contributed by atoms with E-state index in [9.17, 15) is 4.79 Å². The molecule has 0 spiro atoms. The summed E-state index contributed by atoms with van der Waals surface area (Å²) in [6, 6.07) is 23.2. The topological polar surface area (TPSA) is 69.0 Å². The highest BCUT2D eigenvalue weighted by Gasteiger charge is 2.18. The lowest BCUT2D eigenvalue weighted by molar-refractivity contribution is 0.102. The SMILES string of the molecule is COc1ccc(NC(=O)c2cn(Cc3ccccc3)nc2-c2ccccc2)cn1. The number of hydrogen-bond donors (Lipinski definition) is 1. The second-order valence-corrected chi connectivity index (χ2v) is 6.48. The zero-order chi connectivity index (χ0) is 20.1. The summed E-state index contributed by atoms with van der Waals surface area (Å²) in [5.74, 6) is 0.249. The molecule has 0 aliphatic heterocycles. The third kappa shape index (κ3) is 4.32. The zero-order valence-corrected chi connectivity index (χ0v) is 15.9. The van der Waals surface area contributed by atoms with Crippen molar-refractivity contribution in [2.45, 2.75) is 6.54 Å². The molecule has 0 fully saturated rings. The predicted octanol–water partition coefficient (Wildman–Crippen LogP) is 4.25. The van der Waals surface area contributed by atoms with Crippen molar-refractivity contribution < 1.29 is 9.53 Å². The highest BCUT2D eigenvalue weighted by molar-refractivity contribution is 6.08. The highest BCUT2D eigenvalue weighted by atomic mass is 16.5. The number of anilines is 1. The van der Waals surface area contributed by atoms with Crippen molar-refractivity contribution in [2.75, 3.05) is 12.4 Å². The second-order valence-electron chi connectivity index (χ2n) is 6.48. The fourth-order valence-electron chi connectivity index (χ4n) is 3.02. The number of nitrogens with zero attached hydrogens (tertiary/aromatic N) is 3. The van der Waals surface area contributed by atoms with Crippen molar-refractivity contribution in [1.82, 2.24) is 14.8 Å². The summed E-state index contributed by atoms with van der Waals surface area (Å²) < 4.78 is 6.85. The molecule has 2 aromatic carbocycles. The molecule has 0 atom stereocenters. The van der Waals surface area contributed by atoms with Gasteiger partial charge in [0.05, 0.1) is 31.1 Å². The number of rotatable bonds is 6. The standard InChI is InChI=1S/C23H20N4O2/c1-29-21-13-12-19(14-24-21)25-23(28)20-16-27(15-17-8-4-2-5-9-17)26-22(20)18-10-6-3-7-11-18/h2-14,16H,15H2,1H3,(H,25,28). The molecule has 1 amide bonds. The van der Waals surface area contributed by atoms with Gasteiger partial charge in [-0.15, -0.1) is 0 Å². The van der Waals surface area contributed by atoms with Crippen molar-refractivity contribution >= 4 is 11.6 Å². The Labute approximate surface area is 168 Å². The summed E-state index contributed by atoms with van der Waals surface area (Å²) in [5.41, 5.74) is 3.73. The van der Waals surface area contributed by atoms with Crippen LogP contribution >= 0.6 is 0 Å². The minimum Gasteiger partial charge on any atom is -0.481 e. The smallest absolute Gasteiger partial charge is 0.259 e. The van der Waals surface area contributed by atoms with E-state index in [0.29, 0.717) is 29.4 Å². The molecule has 6 nitrogen and oxygen atoms in total. The number of amides is 1. The van der Waals surface area contributed by atoms with Crippen LogP contribution in [0.2, 0.25) is 0 Å². The predicted molar refractivity (Wildman–Crippen MR) is 112 cm³/mol. The maximum Gasteiger partial charge on any atom is 0.259 e. The maximum atomic E-state index is 13.0. The lowest BCUT2D eigenvalue weighted by Crippen LogP contribution is -2.12. The number of methoxy groups -OCH3 is 1. The van der Waals surface area contributed by atoms with Crippen molar-refractivity contribution in [2.24, 2.45) is 0 Å². The largest absolute Gasteiger partial charge is 0.481 e. The summed E-state index contributed by atoms with van der Waals surface area (Å²) in [5, 5.41) is 7.57. The molecule has 2 heterocycles. The second kappa shape index (κ2) is 8.39. The van der Waals surface area contributed by atoms with E-state index in [-0.39, 0.29) is 5.91 Å². The molecular weight excluding hydrogens is 364 g/mol. The number of ether oxygens (including phenoxy) is 1. The molecule has 0 aliphatic rings. The first-order valence-corrected chi connectivity index (χ1v) is 9.21. The highest BCUT2D eigenvalue weighted by Crippen LogP contribution is 2.23. The van der Waals surface area contributed by atoms with E-state index >= 15 is 0 Å². The number of aromatic nitrogens is 3. The number of hydrogen-bond acceptors (Lipinski definition) is 4. The fourth-order valence-corrected chi connectivity index (χ4v) is 3.02. The van der Waals surface area contributed by atoms with Gasteiger partial charge in [-0.3, -0.25) is 9.48 Å². The minimum atomic E-state index is -0.241. The maximum absolute atomic E-state index is 13.0. The van der Waals surface area contributed by atoms with Gasteiger partial charge in [-0.25, -0.2) is 4.98 Å². The Balaban J connectivity index is 1.65. The molecule has 6 heteroatoms. The van der Waals surface area contributed by atoms with Crippen LogP contribution in [0.5, 0.6) is 5.88 Å². The Kier molecular flexibility index (Phi) is 5.33. The summed E-state index contributed by atoms with van der Waals surface area (Å²) in [4.78, 5) is 17.1. The van der Waals surface area contributed by atoms with Gasteiger partial charge in [0.15, 0.2) is 0 Å². The molecule has 0 aliphatic carbocycles. The number of pyridine rings is 1. The first-order valence-electron chi connectivity index (χ1n) is 9.21. The van der Waals surface area contributed by atoms with E-state index in [4.69, 9.17) is 4.74 Å². The van der Waals surface area contributed by atoms with E-state index in [0.717, 1.165) is 11.1 Å². The molecule has 4 aromatic rings. The first kappa shape index (κ1) is 18.4. The van der Waals surface area contributed by atoms with Crippen LogP contribution in [0.4, 0.5) is 5.69 Å². The Bertz CT molecular complexity index is 1090. The van der Waals surface area contributed by atoms with Crippen LogP contribution in [0.25, 0.3) is 11.3 Å². The van der Waals surface area contributed by atoms with Crippen LogP contribution in [-0.2, 0) is 6.54 Å². The molecule has 144 valence electrons. The number of carbonyl (C=O) groups is 1. The van der Waals surface area contributed by atoms with Crippen molar-refractivity contribution in [1.29, 1.82) is 0 Å². The summed E-state index contributed by atoms with van der Waals surface area (Å²) >= 11 is 0. The zero-order valence-electron chi connectivity index (χ0n) is 15.9. The van der Waals surface area contributed by atoms with Crippen LogP contribution in [0.15, 0.2) is 85.2 Å². The lowest BCUT2D eigenvalue weighted by Gasteiger charge is -2.06. The van der Waals surface area contributed by atoms with Gasteiger partial charge >= 0.3 is 0 Å². The first-order chi connectivity index (χ1) is 14.2. The normalized spacial score (nSPS) is 10.5. The van der Waals surface area contributed by atoms with E-state index in [1.807, 2.05) is 60.7 Å². The molecule has 4 rings (SSSR count). The summed E-state index contributed by atoms with van der Waals surface area (Å²) in [6.07, 6.45) is 3.34. The molecule has 1 N–H and O–H groups in total. The summed E-state index contributed by atoms with van der Waals surface area (Å²) in [7, 11) is 1.55. The van der Waals surface area contributed by atoms with E-state index in [2.05, 4.69) is 15.4 Å². The van der Waals surface area contributed by atoms with Gasteiger partial charge in [-0.05, 0) is 11.6 Å². The van der Waals surface area contributed by atoms with Gasteiger partial charge in [0.1, 0.15) is 5.69 Å². The van der Waals surface area contributed by atoms with Crippen LogP contribution in [0.1, 0.15) is 15.9 Å². The van der Waals surface area contributed by atoms with Gasteiger partial charge in [0.2, 0.25) is 5.88 Å². The quantitative estimate of drug-likeness (QED) is 0.539. The minimum absolute atomic E-state index is 0.241. The van der Waals surface area contributed by atoms with Gasteiger partial charge in [-0.1, -0.05) is 60.7 Å². The van der Waals surface area contributed by atoms with E-state index in [1.165, 1.54) is 0 Å². The number of carbonyl (C=O) groups excluding carboxylic acids is 1. The molecule has 0 unspecified atom stereocenters. The Morgan fingerprint density at radius 2 is 1.72 bits per heavy atom. The molecular formula is C23H20N4O2. The number of benzene rings is 2. The monoisotopic (exact) mass is 384 g/mol. The number of nitrogens with one attached hydrogen (secondary N) is 1. The van der Waals surface area contributed by atoms with E-state index < -0.39 is 0 Å². The average Bonchev–Trinajstić information content (AvgIpc) is 3.19. The Hall–Kier alpha value is -3.93. The van der Waals surface area contributed by atoms with Crippen LogP contribution < -0.4 is 10.1 Å². The van der Waals surface area contributed by atoms with Crippen LogP contribution in [0.3, 0.4) is 0 Å². The van der Waals surface area contributed by atoms with Crippen molar-refractivity contribution in [3.63, 3.8) is 0 Å². The van der Waals surface area contributed by atoms with Gasteiger partial charge in [0, 0.05) is 17.8 Å². The molecule has 0 bridgehead atoms. The summed E-state index contributed by atoms with van der Waals surface area (Å²) in [6.45, 7) is 0.581.